The van der Waals surface area contributed by atoms with Gasteiger partial charge in [-0.05, 0) is 53.3 Å². The molecule has 0 spiro atoms. The molecule has 0 aliphatic rings. The monoisotopic (exact) mass is 343 g/mol. The Hall–Kier alpha value is -2.64. The summed E-state index contributed by atoms with van der Waals surface area (Å²) in [4.78, 5) is 4.49. The Balaban J connectivity index is 1.73. The van der Waals surface area contributed by atoms with Gasteiger partial charge in [0, 0.05) is 5.39 Å². The van der Waals surface area contributed by atoms with E-state index < -0.39 is 0 Å². The lowest BCUT2D eigenvalue weighted by atomic mass is 9.97. The van der Waals surface area contributed by atoms with Crippen LogP contribution in [0.2, 0.25) is 5.15 Å². The van der Waals surface area contributed by atoms with E-state index >= 15 is 0 Å². The van der Waals surface area contributed by atoms with Crippen molar-refractivity contribution in [2.24, 2.45) is 0 Å². The van der Waals surface area contributed by atoms with Gasteiger partial charge in [-0.2, -0.15) is 0 Å². The van der Waals surface area contributed by atoms with Crippen molar-refractivity contribution in [3.8, 4) is 11.1 Å². The number of pyridine rings is 1. The summed E-state index contributed by atoms with van der Waals surface area (Å²) in [6.45, 7) is 0. The van der Waals surface area contributed by atoms with Crippen LogP contribution in [0.25, 0.3) is 22.0 Å². The molecule has 4 rings (SSSR count). The van der Waals surface area contributed by atoms with E-state index in [1.54, 1.807) is 0 Å². The van der Waals surface area contributed by atoms with Crippen LogP contribution in [0.3, 0.4) is 0 Å². The van der Waals surface area contributed by atoms with Gasteiger partial charge in [-0.15, -0.1) is 0 Å². The van der Waals surface area contributed by atoms with Crippen molar-refractivity contribution < 1.29 is 0 Å². The lowest BCUT2D eigenvalue weighted by Gasteiger charge is -2.10. The molecule has 0 fully saturated rings. The van der Waals surface area contributed by atoms with Crippen LogP contribution in [0.4, 0.5) is 0 Å². The van der Waals surface area contributed by atoms with Crippen molar-refractivity contribution in [3.63, 3.8) is 0 Å². The van der Waals surface area contributed by atoms with Crippen LogP contribution in [0, 0.1) is 0 Å². The van der Waals surface area contributed by atoms with Crippen LogP contribution in [-0.2, 0) is 12.8 Å². The highest BCUT2D eigenvalue weighted by Gasteiger charge is 2.08. The Bertz CT molecular complexity index is 994. The molecule has 122 valence electrons. The summed E-state index contributed by atoms with van der Waals surface area (Å²) in [5, 5.41) is 1.68. The lowest BCUT2D eigenvalue weighted by molar-refractivity contribution is 0.962. The highest BCUT2D eigenvalue weighted by atomic mass is 35.5. The maximum Gasteiger partial charge on any atom is 0.130 e. The molecular formula is C23H18ClN. The number of hydrogen-bond acceptors (Lipinski definition) is 1. The topological polar surface area (TPSA) is 12.9 Å². The summed E-state index contributed by atoms with van der Waals surface area (Å²) in [5.74, 6) is 0. The van der Waals surface area contributed by atoms with Gasteiger partial charge in [-0.25, -0.2) is 4.98 Å². The fraction of sp³-hybridized carbons (Fsp3) is 0.0870. The van der Waals surface area contributed by atoms with E-state index in [1.807, 2.05) is 12.1 Å². The van der Waals surface area contributed by atoms with Gasteiger partial charge in [0.2, 0.25) is 0 Å². The molecule has 3 aromatic carbocycles. The third-order valence-corrected chi connectivity index (χ3v) is 4.67. The third kappa shape index (κ3) is 3.57. The average Bonchev–Trinajstić information content (AvgIpc) is 2.67. The smallest absolute Gasteiger partial charge is 0.130 e. The fourth-order valence-corrected chi connectivity index (χ4v) is 3.39. The maximum atomic E-state index is 6.24. The number of hydrogen-bond donors (Lipinski definition) is 0. The summed E-state index contributed by atoms with van der Waals surface area (Å²) in [7, 11) is 0. The molecule has 1 nitrogen and oxygen atoms in total. The maximum absolute atomic E-state index is 6.24. The normalized spacial score (nSPS) is 10.9. The van der Waals surface area contributed by atoms with Crippen molar-refractivity contribution in [2.45, 2.75) is 12.8 Å². The van der Waals surface area contributed by atoms with Gasteiger partial charge in [0.05, 0.1) is 5.52 Å². The number of rotatable bonds is 4. The minimum atomic E-state index is 0.531. The molecule has 0 saturated carbocycles. The first-order chi connectivity index (χ1) is 12.3. The van der Waals surface area contributed by atoms with Gasteiger partial charge >= 0.3 is 0 Å². The molecule has 1 heterocycles. The number of benzene rings is 3. The van der Waals surface area contributed by atoms with E-state index in [9.17, 15) is 0 Å². The van der Waals surface area contributed by atoms with Crippen LogP contribution in [0.15, 0.2) is 84.9 Å². The second kappa shape index (κ2) is 7.08. The molecule has 0 saturated heterocycles. The van der Waals surface area contributed by atoms with E-state index in [0.717, 1.165) is 34.9 Å². The number of aromatic nitrogens is 1. The molecule has 2 heteroatoms. The van der Waals surface area contributed by atoms with Crippen LogP contribution in [-0.4, -0.2) is 4.98 Å². The second-order valence-electron chi connectivity index (χ2n) is 6.20. The predicted octanol–water partition coefficient (Wildman–Crippen LogP) is 6.34. The number of halogens is 1. The Morgan fingerprint density at radius 3 is 2.12 bits per heavy atom. The van der Waals surface area contributed by atoms with E-state index in [0.29, 0.717) is 5.15 Å². The highest BCUT2D eigenvalue weighted by molar-refractivity contribution is 6.30. The van der Waals surface area contributed by atoms with E-state index in [4.69, 9.17) is 11.6 Å². The fourth-order valence-electron chi connectivity index (χ4n) is 3.19. The molecule has 0 aliphatic heterocycles. The van der Waals surface area contributed by atoms with E-state index in [1.165, 1.54) is 11.1 Å². The van der Waals surface area contributed by atoms with Gasteiger partial charge in [0.1, 0.15) is 5.15 Å². The molecule has 0 atom stereocenters. The van der Waals surface area contributed by atoms with Crippen molar-refractivity contribution in [1.29, 1.82) is 0 Å². The van der Waals surface area contributed by atoms with Crippen LogP contribution < -0.4 is 0 Å². The second-order valence-corrected chi connectivity index (χ2v) is 6.58. The van der Waals surface area contributed by atoms with Gasteiger partial charge in [0.25, 0.3) is 0 Å². The highest BCUT2D eigenvalue weighted by Crippen LogP contribution is 2.31. The Morgan fingerprint density at radius 1 is 0.680 bits per heavy atom. The molecule has 0 bridgehead atoms. The van der Waals surface area contributed by atoms with Crippen molar-refractivity contribution in [3.05, 3.63) is 101 Å². The Labute approximate surface area is 152 Å². The minimum Gasteiger partial charge on any atom is -0.236 e. The summed E-state index contributed by atoms with van der Waals surface area (Å²) < 4.78 is 0. The Morgan fingerprint density at radius 2 is 1.36 bits per heavy atom. The quantitative estimate of drug-likeness (QED) is 0.394. The summed E-state index contributed by atoms with van der Waals surface area (Å²) in [5.41, 5.74) is 5.92. The number of nitrogens with zero attached hydrogens (tertiary/aromatic N) is 1. The van der Waals surface area contributed by atoms with Crippen molar-refractivity contribution in [1.82, 2.24) is 4.98 Å². The minimum absolute atomic E-state index is 0.531. The van der Waals surface area contributed by atoms with Gasteiger partial charge in [-0.1, -0.05) is 78.3 Å². The molecule has 1 aromatic heterocycles. The largest absolute Gasteiger partial charge is 0.236 e. The molecule has 0 N–H and O–H groups in total. The molecular weight excluding hydrogens is 326 g/mol. The molecule has 0 unspecified atom stereocenters. The van der Waals surface area contributed by atoms with E-state index in [-0.39, 0.29) is 0 Å². The zero-order chi connectivity index (χ0) is 17.1. The zero-order valence-corrected chi connectivity index (χ0v) is 14.6. The van der Waals surface area contributed by atoms with Gasteiger partial charge < -0.3 is 0 Å². The first-order valence-corrected chi connectivity index (χ1v) is 8.86. The van der Waals surface area contributed by atoms with Gasteiger partial charge in [0.15, 0.2) is 0 Å². The zero-order valence-electron chi connectivity index (χ0n) is 13.8. The SMILES string of the molecule is Clc1cc(-c2ccccc2)c2cc(CCc3ccccc3)ccc2n1. The molecule has 0 radical (unpaired) electrons. The van der Waals surface area contributed by atoms with Crippen LogP contribution in [0.5, 0.6) is 0 Å². The molecule has 0 amide bonds. The van der Waals surface area contributed by atoms with Crippen LogP contribution in [0.1, 0.15) is 11.1 Å². The van der Waals surface area contributed by atoms with Crippen LogP contribution >= 0.6 is 11.6 Å². The predicted molar refractivity (Wildman–Crippen MR) is 106 cm³/mol. The number of aryl methyl sites for hydroxylation is 2. The summed E-state index contributed by atoms with van der Waals surface area (Å²) in [6, 6.07) is 29.4. The standard InChI is InChI=1S/C23H18ClN/c24-23-16-20(19-9-5-2-6-10-19)21-15-18(13-14-22(21)25-23)12-11-17-7-3-1-4-8-17/h1-10,13-16H,11-12H2. The lowest BCUT2D eigenvalue weighted by Crippen LogP contribution is -1.93. The Kier molecular flexibility index (Phi) is 4.49. The third-order valence-electron chi connectivity index (χ3n) is 4.47. The van der Waals surface area contributed by atoms with E-state index in [2.05, 4.69) is 77.8 Å². The van der Waals surface area contributed by atoms with Crippen molar-refractivity contribution in [2.75, 3.05) is 0 Å². The molecule has 25 heavy (non-hydrogen) atoms. The molecule has 0 aliphatic carbocycles. The summed E-state index contributed by atoms with van der Waals surface area (Å²) >= 11 is 6.24. The number of fused-ring (bicyclic) bond motifs is 1. The first-order valence-electron chi connectivity index (χ1n) is 8.48. The summed E-state index contributed by atoms with van der Waals surface area (Å²) in [6.07, 6.45) is 2.05. The van der Waals surface area contributed by atoms with Gasteiger partial charge in [-0.3, -0.25) is 0 Å². The van der Waals surface area contributed by atoms with Crippen molar-refractivity contribution >= 4 is 22.5 Å². The average molecular weight is 344 g/mol. The molecule has 4 aromatic rings. The first kappa shape index (κ1) is 15.9.